The zero-order valence-electron chi connectivity index (χ0n) is 18.9. The van der Waals surface area contributed by atoms with Gasteiger partial charge < -0.3 is 34.1 Å². The molecular formula is C26H21N2O7-. The predicted molar refractivity (Wildman–Crippen MR) is 126 cm³/mol. The number of carbonyl (C=O) groups is 2. The fraction of sp³-hybridized carbons (Fsp3) is 0.192. The number of aliphatic carboxylic acids is 1. The molecule has 0 aliphatic heterocycles. The number of carboxylic acid groups (broad SMARTS) is 1. The molecule has 178 valence electrons. The second-order valence-corrected chi connectivity index (χ2v) is 8.62. The molecule has 1 amide bonds. The minimum Gasteiger partial charge on any atom is -0.548 e. The van der Waals surface area contributed by atoms with Crippen LogP contribution in [0.2, 0.25) is 0 Å². The van der Waals surface area contributed by atoms with Crippen molar-refractivity contribution in [2.24, 2.45) is 0 Å². The first-order valence-electron chi connectivity index (χ1n) is 10.9. The molecule has 0 spiro atoms. The number of carbonyl (C=O) groups excluding carboxylic acids is 2. The summed E-state index contributed by atoms with van der Waals surface area (Å²) in [4.78, 5) is 40.2. The van der Waals surface area contributed by atoms with Crippen LogP contribution in [-0.4, -0.2) is 28.0 Å². The van der Waals surface area contributed by atoms with E-state index in [1.165, 1.54) is 12.1 Å². The molecule has 0 aliphatic rings. The summed E-state index contributed by atoms with van der Waals surface area (Å²) in [5, 5.41) is 26.2. The molecule has 5 aromatic rings. The monoisotopic (exact) mass is 473 g/mol. The molecule has 3 aromatic heterocycles. The van der Waals surface area contributed by atoms with Crippen LogP contribution in [0.5, 0.6) is 5.75 Å². The number of phenolic OH excluding ortho intramolecular Hbond substituents is 1. The predicted octanol–water partition coefficient (Wildman–Crippen LogP) is 2.36. The third-order valence-electron chi connectivity index (χ3n) is 6.31. The normalized spacial score (nSPS) is 12.4. The highest BCUT2D eigenvalue weighted by molar-refractivity contribution is 5.97. The lowest BCUT2D eigenvalue weighted by molar-refractivity contribution is -0.308. The molecule has 3 heterocycles. The number of furan rings is 1. The van der Waals surface area contributed by atoms with Gasteiger partial charge in [-0.15, -0.1) is 0 Å². The summed E-state index contributed by atoms with van der Waals surface area (Å²) in [6, 6.07) is 6.83. The van der Waals surface area contributed by atoms with Gasteiger partial charge in [0.15, 0.2) is 0 Å². The fourth-order valence-electron chi connectivity index (χ4n) is 4.40. The van der Waals surface area contributed by atoms with Crippen LogP contribution in [-0.2, 0) is 22.4 Å². The van der Waals surface area contributed by atoms with Gasteiger partial charge in [0.2, 0.25) is 5.91 Å². The van der Waals surface area contributed by atoms with E-state index in [2.05, 4.69) is 10.3 Å². The smallest absolute Gasteiger partial charge is 0.340 e. The number of benzene rings is 2. The molecule has 5 rings (SSSR count). The van der Waals surface area contributed by atoms with Crippen molar-refractivity contribution < 1.29 is 28.6 Å². The summed E-state index contributed by atoms with van der Waals surface area (Å²) in [5.41, 5.74) is 3.20. The van der Waals surface area contributed by atoms with Crippen molar-refractivity contribution in [1.29, 1.82) is 0 Å². The number of carboxylic acids is 1. The number of hydrogen-bond donors (Lipinski definition) is 3. The van der Waals surface area contributed by atoms with Crippen molar-refractivity contribution in [3.63, 3.8) is 0 Å². The second-order valence-electron chi connectivity index (χ2n) is 8.62. The maximum atomic E-state index is 12.8. The molecule has 3 N–H and O–H groups in total. The Balaban J connectivity index is 1.41. The Morgan fingerprint density at radius 3 is 2.69 bits per heavy atom. The van der Waals surface area contributed by atoms with Gasteiger partial charge in [-0.05, 0) is 54.8 Å². The van der Waals surface area contributed by atoms with Gasteiger partial charge in [0.1, 0.15) is 16.9 Å². The molecule has 0 radical (unpaired) electrons. The number of aromatic hydroxyl groups is 1. The Morgan fingerprint density at radius 1 is 1.11 bits per heavy atom. The molecule has 1 atom stereocenters. The summed E-state index contributed by atoms with van der Waals surface area (Å²) in [5.74, 6) is -2.08. The fourth-order valence-corrected chi connectivity index (χ4v) is 4.40. The van der Waals surface area contributed by atoms with Gasteiger partial charge in [-0.2, -0.15) is 0 Å². The molecule has 9 nitrogen and oxygen atoms in total. The van der Waals surface area contributed by atoms with Crippen LogP contribution in [0.25, 0.3) is 32.8 Å². The summed E-state index contributed by atoms with van der Waals surface area (Å²) >= 11 is 0. The van der Waals surface area contributed by atoms with E-state index < -0.39 is 23.5 Å². The molecule has 0 unspecified atom stereocenters. The SMILES string of the molecule is Cc1coc2cc3oc(=O)c(CC(=O)N[C@@H](Cc4c[nH]c5ccc(O)cc45)C(=O)[O-])c(C)c3cc12. The lowest BCUT2D eigenvalue weighted by Gasteiger charge is -2.20. The highest BCUT2D eigenvalue weighted by Gasteiger charge is 2.20. The zero-order chi connectivity index (χ0) is 24.9. The first-order valence-corrected chi connectivity index (χ1v) is 10.9. The maximum absolute atomic E-state index is 12.8. The summed E-state index contributed by atoms with van der Waals surface area (Å²) < 4.78 is 10.9. The maximum Gasteiger partial charge on any atom is 0.340 e. The number of aryl methyl sites for hydroxylation is 2. The number of rotatable bonds is 6. The van der Waals surface area contributed by atoms with Crippen LogP contribution in [0, 0.1) is 13.8 Å². The largest absolute Gasteiger partial charge is 0.548 e. The van der Waals surface area contributed by atoms with Gasteiger partial charge in [-0.25, -0.2) is 4.79 Å². The topological polar surface area (TPSA) is 149 Å². The molecule has 0 saturated carbocycles. The van der Waals surface area contributed by atoms with E-state index in [1.54, 1.807) is 31.5 Å². The van der Waals surface area contributed by atoms with Gasteiger partial charge in [0.05, 0.1) is 30.3 Å². The summed E-state index contributed by atoms with van der Waals surface area (Å²) in [7, 11) is 0. The molecule has 0 bridgehead atoms. The summed E-state index contributed by atoms with van der Waals surface area (Å²) in [6.45, 7) is 3.62. The van der Waals surface area contributed by atoms with Gasteiger partial charge in [-0.1, -0.05) is 0 Å². The van der Waals surface area contributed by atoms with Gasteiger partial charge >= 0.3 is 5.63 Å². The lowest BCUT2D eigenvalue weighted by atomic mass is 10.0. The highest BCUT2D eigenvalue weighted by Crippen LogP contribution is 2.29. The quantitative estimate of drug-likeness (QED) is 0.321. The minimum atomic E-state index is -1.46. The number of amides is 1. The highest BCUT2D eigenvalue weighted by atomic mass is 16.4. The van der Waals surface area contributed by atoms with E-state index >= 15 is 0 Å². The number of aromatic nitrogens is 1. The lowest BCUT2D eigenvalue weighted by Crippen LogP contribution is -2.49. The molecular weight excluding hydrogens is 452 g/mol. The number of aromatic amines is 1. The van der Waals surface area contributed by atoms with Crippen molar-refractivity contribution in [3.05, 3.63) is 75.5 Å². The van der Waals surface area contributed by atoms with Crippen molar-refractivity contribution >= 4 is 44.7 Å². The van der Waals surface area contributed by atoms with Gasteiger partial charge in [0, 0.05) is 40.4 Å². The Morgan fingerprint density at radius 2 is 1.91 bits per heavy atom. The van der Waals surface area contributed by atoms with Gasteiger partial charge in [-0.3, -0.25) is 4.79 Å². The minimum absolute atomic E-state index is 0.0359. The van der Waals surface area contributed by atoms with Gasteiger partial charge in [0.25, 0.3) is 0 Å². The second kappa shape index (κ2) is 8.35. The Kier molecular flexibility index (Phi) is 5.32. The first kappa shape index (κ1) is 22.3. The number of phenols is 1. The van der Waals surface area contributed by atoms with E-state index in [-0.39, 0.29) is 24.2 Å². The Labute approximate surface area is 198 Å². The Bertz CT molecular complexity index is 1690. The van der Waals surface area contributed by atoms with Crippen LogP contribution in [0.1, 0.15) is 22.3 Å². The van der Waals surface area contributed by atoms with Crippen molar-refractivity contribution in [2.75, 3.05) is 0 Å². The zero-order valence-corrected chi connectivity index (χ0v) is 18.9. The summed E-state index contributed by atoms with van der Waals surface area (Å²) in [6.07, 6.45) is 2.80. The van der Waals surface area contributed by atoms with E-state index in [4.69, 9.17) is 8.83 Å². The number of nitrogens with one attached hydrogen (secondary N) is 2. The molecule has 2 aromatic carbocycles. The molecule has 0 saturated heterocycles. The average Bonchev–Trinajstić information content (AvgIpc) is 3.37. The van der Waals surface area contributed by atoms with Crippen molar-refractivity contribution in [1.82, 2.24) is 10.3 Å². The molecule has 9 heteroatoms. The molecule has 0 fully saturated rings. The number of H-pyrrole nitrogens is 1. The van der Waals surface area contributed by atoms with Crippen LogP contribution in [0.3, 0.4) is 0 Å². The van der Waals surface area contributed by atoms with E-state index in [0.717, 1.165) is 10.9 Å². The van der Waals surface area contributed by atoms with Crippen LogP contribution in [0.15, 0.2) is 56.4 Å². The van der Waals surface area contributed by atoms with E-state index in [1.807, 2.05) is 13.0 Å². The van der Waals surface area contributed by atoms with Crippen LogP contribution in [0.4, 0.5) is 0 Å². The Hall–Kier alpha value is -4.53. The van der Waals surface area contributed by atoms with Crippen LogP contribution >= 0.6 is 0 Å². The third kappa shape index (κ3) is 4.01. The number of fused-ring (bicyclic) bond motifs is 3. The van der Waals surface area contributed by atoms with E-state index in [9.17, 15) is 24.6 Å². The first-order chi connectivity index (χ1) is 16.7. The molecule has 0 aliphatic carbocycles. The standard InChI is InChI=1S/C26H22N2O7/c1-12-11-34-22-9-23-17(7-16(12)22)13(2)18(26(33)35-23)8-24(30)28-21(25(31)32)5-14-10-27-20-4-3-15(29)6-19(14)20/h3-4,6-7,9-11,21,27,29H,5,8H2,1-2H3,(H,28,30)(H,31,32)/p-1/t21-/m0/s1. The van der Waals surface area contributed by atoms with Crippen LogP contribution < -0.4 is 16.0 Å². The number of hydrogen-bond acceptors (Lipinski definition) is 7. The van der Waals surface area contributed by atoms with E-state index in [0.29, 0.717) is 38.6 Å². The van der Waals surface area contributed by atoms with Crippen molar-refractivity contribution in [2.45, 2.75) is 32.7 Å². The van der Waals surface area contributed by atoms with Crippen molar-refractivity contribution in [3.8, 4) is 5.75 Å². The molecule has 35 heavy (non-hydrogen) atoms. The average molecular weight is 473 g/mol. The third-order valence-corrected chi connectivity index (χ3v) is 6.31.